The van der Waals surface area contributed by atoms with Crippen LogP contribution in [-0.4, -0.2) is 101 Å². The number of fused-ring (bicyclic) bond motifs is 2. The predicted molar refractivity (Wildman–Crippen MR) is 124 cm³/mol. The van der Waals surface area contributed by atoms with E-state index in [0.717, 1.165) is 12.0 Å². The van der Waals surface area contributed by atoms with Crippen molar-refractivity contribution in [3.8, 4) is 0 Å². The van der Waals surface area contributed by atoms with Gasteiger partial charge in [0.1, 0.15) is 23.9 Å². The monoisotopic (exact) mass is 481 g/mol. The molecule has 0 spiro atoms. The summed E-state index contributed by atoms with van der Waals surface area (Å²) in [6.45, 7) is 4.41. The Morgan fingerprint density at radius 3 is 2.21 bits per heavy atom. The summed E-state index contributed by atoms with van der Waals surface area (Å²) < 4.78 is 18.0. The molecule has 7 N–H and O–H groups in total. The molecule has 1 aromatic carbocycles. The number of rotatable bonds is 7. The Morgan fingerprint density at radius 1 is 0.941 bits per heavy atom. The summed E-state index contributed by atoms with van der Waals surface area (Å²) in [6.07, 6.45) is -4.61. The first-order valence-corrected chi connectivity index (χ1v) is 12.1. The van der Waals surface area contributed by atoms with Gasteiger partial charge in [0.05, 0.1) is 24.3 Å². The summed E-state index contributed by atoms with van der Waals surface area (Å²) in [5, 5.41) is 54.2. The number of aliphatic hydroxyl groups is 4. The molecular weight excluding hydrogens is 442 g/mol. The maximum Gasteiger partial charge on any atom is 0.249 e. The highest BCUT2D eigenvalue weighted by Crippen LogP contribution is 2.46. The largest absolute Gasteiger partial charge is 0.390 e. The van der Waals surface area contributed by atoms with E-state index in [1.807, 2.05) is 12.1 Å². The quantitative estimate of drug-likeness (QED) is 0.248. The van der Waals surface area contributed by atoms with Crippen molar-refractivity contribution in [2.45, 2.75) is 93.5 Å². The van der Waals surface area contributed by atoms with Crippen LogP contribution in [0.15, 0.2) is 24.3 Å². The maximum absolute atomic E-state index is 11.7. The number of benzene rings is 1. The fourth-order valence-electron chi connectivity index (χ4n) is 5.54. The number of aryl methyl sites for hydroxylation is 1. The predicted octanol–water partition coefficient (Wildman–Crippen LogP) is -1.41. The molecule has 0 aromatic heterocycles. The van der Waals surface area contributed by atoms with E-state index in [4.69, 9.17) is 14.2 Å². The minimum absolute atomic E-state index is 0.0262. The normalized spacial score (nSPS) is 44.4. The van der Waals surface area contributed by atoms with Gasteiger partial charge in [-0.1, -0.05) is 31.2 Å². The van der Waals surface area contributed by atoms with Gasteiger partial charge in [-0.2, -0.15) is 0 Å². The molecule has 1 unspecified atom stereocenters. The highest BCUT2D eigenvalue weighted by Gasteiger charge is 2.68. The number of hydrogen-bond acceptors (Lipinski definition) is 10. The Hall–Kier alpha value is -1.18. The van der Waals surface area contributed by atoms with Crippen LogP contribution >= 0.6 is 0 Å². The van der Waals surface area contributed by atoms with Crippen LogP contribution in [0.25, 0.3) is 0 Å². The average Bonchev–Trinajstić information content (AvgIpc) is 2.80. The zero-order valence-electron chi connectivity index (χ0n) is 20.3. The van der Waals surface area contributed by atoms with Gasteiger partial charge in [0.2, 0.25) is 12.1 Å². The smallest absolute Gasteiger partial charge is 0.249 e. The Balaban J connectivity index is 1.54. The van der Waals surface area contributed by atoms with E-state index in [1.165, 1.54) is 5.56 Å². The van der Waals surface area contributed by atoms with Crippen molar-refractivity contribution in [2.75, 3.05) is 20.6 Å². The lowest BCUT2D eigenvalue weighted by molar-refractivity contribution is -0.482. The zero-order valence-corrected chi connectivity index (χ0v) is 20.3. The standard InChI is InChI=1S/C24H39N3O7/c1-5-14-6-8-15(9-7-14)11-27-12-23(30)10-13(2)32-22-24(23,31)34-20-17(26-4)18(28)16(25-3)19(29)21(20)33-22/h6-9,13,16-22,25-31H,5,10-12H2,1-4H3/t13-,16-,17+,18+,19+,20?,21-,22+,23-,24-/m1/s1. The van der Waals surface area contributed by atoms with E-state index in [2.05, 4.69) is 35.0 Å². The number of hydrogen-bond donors (Lipinski definition) is 7. The van der Waals surface area contributed by atoms with E-state index in [0.29, 0.717) is 6.54 Å². The first kappa shape index (κ1) is 25.9. The van der Waals surface area contributed by atoms with Crippen molar-refractivity contribution in [3.63, 3.8) is 0 Å². The van der Waals surface area contributed by atoms with Crippen LogP contribution < -0.4 is 16.0 Å². The minimum Gasteiger partial charge on any atom is -0.390 e. The van der Waals surface area contributed by atoms with E-state index in [9.17, 15) is 20.4 Å². The second-order valence-electron chi connectivity index (χ2n) is 9.78. The van der Waals surface area contributed by atoms with Crippen LogP contribution in [0.5, 0.6) is 0 Å². The van der Waals surface area contributed by atoms with Gasteiger partial charge >= 0.3 is 0 Å². The Bertz CT molecular complexity index is 829. The molecule has 10 heteroatoms. The summed E-state index contributed by atoms with van der Waals surface area (Å²) in [7, 11) is 3.30. The molecule has 0 amide bonds. The lowest BCUT2D eigenvalue weighted by Crippen LogP contribution is -2.81. The zero-order chi connectivity index (χ0) is 24.7. The van der Waals surface area contributed by atoms with Gasteiger partial charge in [-0.3, -0.25) is 0 Å². The van der Waals surface area contributed by atoms with Crippen molar-refractivity contribution >= 4 is 0 Å². The lowest BCUT2D eigenvalue weighted by Gasteiger charge is -2.60. The van der Waals surface area contributed by atoms with Crippen molar-refractivity contribution in [2.24, 2.45) is 0 Å². The minimum atomic E-state index is -2.21. The summed E-state index contributed by atoms with van der Waals surface area (Å²) in [6, 6.07) is 6.87. The third kappa shape index (κ3) is 4.41. The molecule has 10 atom stereocenters. The van der Waals surface area contributed by atoms with Crippen molar-refractivity contribution < 1.29 is 34.6 Å². The van der Waals surface area contributed by atoms with Crippen LogP contribution in [0.1, 0.15) is 31.4 Å². The molecule has 1 saturated carbocycles. The molecule has 10 nitrogen and oxygen atoms in total. The number of nitrogens with one attached hydrogen (secondary N) is 3. The lowest BCUT2D eigenvalue weighted by atomic mass is 9.77. The third-order valence-corrected chi connectivity index (χ3v) is 7.53. The summed E-state index contributed by atoms with van der Waals surface area (Å²) in [5.41, 5.74) is 0.561. The number of ether oxygens (including phenoxy) is 3. The molecule has 4 rings (SSSR count). The van der Waals surface area contributed by atoms with Gasteiger partial charge in [-0.15, -0.1) is 0 Å². The van der Waals surface area contributed by atoms with Gasteiger partial charge in [0.15, 0.2) is 0 Å². The third-order valence-electron chi connectivity index (χ3n) is 7.53. The van der Waals surface area contributed by atoms with E-state index < -0.39 is 60.3 Å². The van der Waals surface area contributed by atoms with Crippen molar-refractivity contribution in [3.05, 3.63) is 35.4 Å². The fourth-order valence-corrected chi connectivity index (χ4v) is 5.54. The second kappa shape index (κ2) is 10.1. The first-order valence-electron chi connectivity index (χ1n) is 12.1. The molecule has 2 heterocycles. The van der Waals surface area contributed by atoms with Crippen LogP contribution in [0, 0.1) is 0 Å². The molecule has 0 radical (unpaired) electrons. The van der Waals surface area contributed by atoms with Crippen molar-refractivity contribution in [1.82, 2.24) is 16.0 Å². The number of likely N-dealkylation sites (N-methyl/N-ethyl adjacent to an activating group) is 2. The van der Waals surface area contributed by atoms with Gasteiger partial charge in [-0.25, -0.2) is 0 Å². The van der Waals surface area contributed by atoms with Crippen LogP contribution in [0.4, 0.5) is 0 Å². The Labute approximate surface area is 200 Å². The summed E-state index contributed by atoms with van der Waals surface area (Å²) >= 11 is 0. The molecule has 192 valence electrons. The Morgan fingerprint density at radius 2 is 1.59 bits per heavy atom. The van der Waals surface area contributed by atoms with Gasteiger partial charge in [0.25, 0.3) is 0 Å². The van der Waals surface area contributed by atoms with E-state index in [1.54, 1.807) is 21.0 Å². The molecule has 2 saturated heterocycles. The van der Waals surface area contributed by atoms with Crippen LogP contribution in [0.3, 0.4) is 0 Å². The Kier molecular flexibility index (Phi) is 7.66. The molecule has 0 bridgehead atoms. The fraction of sp³-hybridized carbons (Fsp3) is 0.750. The highest BCUT2D eigenvalue weighted by molar-refractivity contribution is 5.22. The van der Waals surface area contributed by atoms with Gasteiger partial charge in [-0.05, 0) is 38.6 Å². The van der Waals surface area contributed by atoms with Gasteiger partial charge < -0.3 is 50.6 Å². The van der Waals surface area contributed by atoms with Crippen LogP contribution in [0.2, 0.25) is 0 Å². The average molecular weight is 482 g/mol. The van der Waals surface area contributed by atoms with Crippen molar-refractivity contribution in [1.29, 1.82) is 0 Å². The molecule has 1 aliphatic carbocycles. The van der Waals surface area contributed by atoms with E-state index in [-0.39, 0.29) is 13.0 Å². The van der Waals surface area contributed by atoms with Gasteiger partial charge in [0, 0.05) is 19.5 Å². The first-order chi connectivity index (χ1) is 16.2. The summed E-state index contributed by atoms with van der Waals surface area (Å²) in [5.74, 6) is -2.21. The van der Waals surface area contributed by atoms with Crippen LogP contribution in [-0.2, 0) is 27.2 Å². The molecule has 3 aliphatic rings. The molecule has 34 heavy (non-hydrogen) atoms. The highest BCUT2D eigenvalue weighted by atomic mass is 16.8. The summed E-state index contributed by atoms with van der Waals surface area (Å²) in [4.78, 5) is 0. The SMILES string of the molecule is CCc1ccc(CNC[C@]2(O)C[C@@H](C)O[C@H]3O[C@H]4C(O[C@]32O)[C@@H](NC)[C@@H](O)[C@@H](NC)[C@@H]4O)cc1. The molecular formula is C24H39N3O7. The van der Waals surface area contributed by atoms with E-state index >= 15 is 0 Å². The topological polar surface area (TPSA) is 145 Å². The maximum atomic E-state index is 11.7. The molecule has 3 fully saturated rings. The number of aliphatic hydroxyl groups excluding tert-OH is 2. The molecule has 1 aromatic rings. The second-order valence-corrected chi connectivity index (χ2v) is 9.78. The molecule has 2 aliphatic heterocycles.